The second-order valence-corrected chi connectivity index (χ2v) is 3.03. The SMILES string of the molecule is O=C1CNCCNCCNCCN1. The van der Waals surface area contributed by atoms with Crippen LogP contribution in [0, 0.1) is 0 Å². The van der Waals surface area contributed by atoms with E-state index < -0.39 is 0 Å². The van der Waals surface area contributed by atoms with Gasteiger partial charge in [0.25, 0.3) is 0 Å². The highest BCUT2D eigenvalue weighted by Gasteiger charge is 1.99. The molecule has 13 heavy (non-hydrogen) atoms. The van der Waals surface area contributed by atoms with Crippen molar-refractivity contribution >= 4 is 5.91 Å². The first-order valence-corrected chi connectivity index (χ1v) is 4.78. The van der Waals surface area contributed by atoms with Crippen LogP contribution in [0.5, 0.6) is 0 Å². The van der Waals surface area contributed by atoms with E-state index in [0.717, 1.165) is 32.7 Å². The van der Waals surface area contributed by atoms with Gasteiger partial charge in [-0.3, -0.25) is 4.79 Å². The molecule has 0 radical (unpaired) electrons. The van der Waals surface area contributed by atoms with Crippen molar-refractivity contribution in [1.29, 1.82) is 0 Å². The third-order valence-corrected chi connectivity index (χ3v) is 1.87. The largest absolute Gasteiger partial charge is 0.354 e. The van der Waals surface area contributed by atoms with E-state index in [1.54, 1.807) is 0 Å². The van der Waals surface area contributed by atoms with Crippen LogP contribution in [0.25, 0.3) is 0 Å². The van der Waals surface area contributed by atoms with Gasteiger partial charge in [-0.1, -0.05) is 0 Å². The summed E-state index contributed by atoms with van der Waals surface area (Å²) in [5.41, 5.74) is 0. The molecule has 1 heterocycles. The van der Waals surface area contributed by atoms with Gasteiger partial charge in [-0.25, -0.2) is 0 Å². The maximum Gasteiger partial charge on any atom is 0.234 e. The maximum atomic E-state index is 11.1. The van der Waals surface area contributed by atoms with Gasteiger partial charge in [0.15, 0.2) is 0 Å². The fourth-order valence-electron chi connectivity index (χ4n) is 1.16. The number of carbonyl (C=O) groups is 1. The molecular formula is C8H18N4O. The Bertz CT molecular complexity index is 137. The molecule has 0 aromatic heterocycles. The van der Waals surface area contributed by atoms with Gasteiger partial charge in [0.1, 0.15) is 0 Å². The standard InChI is InChI=1S/C8H18N4O/c13-8-7-11-4-3-9-1-2-10-5-6-12-8/h9-11H,1-7H2,(H,12,13). The van der Waals surface area contributed by atoms with Gasteiger partial charge in [-0.05, 0) is 0 Å². The van der Waals surface area contributed by atoms with E-state index in [1.807, 2.05) is 0 Å². The van der Waals surface area contributed by atoms with E-state index in [-0.39, 0.29) is 5.91 Å². The Hall–Kier alpha value is -0.650. The summed E-state index contributed by atoms with van der Waals surface area (Å²) in [5, 5.41) is 12.4. The minimum atomic E-state index is 0.0716. The molecule has 1 saturated heterocycles. The predicted molar refractivity (Wildman–Crippen MR) is 51.6 cm³/mol. The third-order valence-electron chi connectivity index (χ3n) is 1.87. The molecule has 1 fully saturated rings. The number of hydrogen-bond acceptors (Lipinski definition) is 4. The van der Waals surface area contributed by atoms with Crippen LogP contribution < -0.4 is 21.3 Å². The smallest absolute Gasteiger partial charge is 0.234 e. The minimum absolute atomic E-state index is 0.0716. The van der Waals surface area contributed by atoms with Gasteiger partial charge in [0.2, 0.25) is 5.91 Å². The number of carbonyl (C=O) groups excluding carboxylic acids is 1. The van der Waals surface area contributed by atoms with E-state index in [2.05, 4.69) is 21.3 Å². The van der Waals surface area contributed by atoms with Gasteiger partial charge < -0.3 is 21.3 Å². The van der Waals surface area contributed by atoms with Crippen molar-refractivity contribution < 1.29 is 4.79 Å². The molecule has 0 atom stereocenters. The van der Waals surface area contributed by atoms with E-state index in [9.17, 15) is 4.79 Å². The van der Waals surface area contributed by atoms with Gasteiger partial charge >= 0.3 is 0 Å². The van der Waals surface area contributed by atoms with Gasteiger partial charge in [0, 0.05) is 39.3 Å². The van der Waals surface area contributed by atoms with Crippen LogP contribution in [0.1, 0.15) is 0 Å². The number of nitrogens with one attached hydrogen (secondary N) is 4. The van der Waals surface area contributed by atoms with Crippen LogP contribution in [0.3, 0.4) is 0 Å². The highest BCUT2D eigenvalue weighted by Crippen LogP contribution is 1.68. The second-order valence-electron chi connectivity index (χ2n) is 3.03. The molecule has 0 saturated carbocycles. The fraction of sp³-hybridized carbons (Fsp3) is 0.875. The Morgan fingerprint density at radius 3 is 2.00 bits per heavy atom. The van der Waals surface area contributed by atoms with E-state index in [1.165, 1.54) is 0 Å². The molecule has 0 aliphatic carbocycles. The lowest BCUT2D eigenvalue weighted by Gasteiger charge is -2.11. The summed E-state index contributed by atoms with van der Waals surface area (Å²) < 4.78 is 0. The molecule has 0 aromatic rings. The Kier molecular flexibility index (Phi) is 5.47. The normalized spacial score (nSPS) is 22.6. The van der Waals surface area contributed by atoms with Crippen LogP contribution in [-0.2, 0) is 4.79 Å². The summed E-state index contributed by atoms with van der Waals surface area (Å²) in [5.74, 6) is 0.0716. The van der Waals surface area contributed by atoms with Gasteiger partial charge in [-0.15, -0.1) is 0 Å². The second kappa shape index (κ2) is 6.82. The maximum absolute atomic E-state index is 11.1. The Labute approximate surface area is 78.6 Å². The first-order chi connectivity index (χ1) is 6.39. The van der Waals surface area contributed by atoms with Crippen molar-refractivity contribution in [2.24, 2.45) is 0 Å². The summed E-state index contributed by atoms with van der Waals surface area (Å²) >= 11 is 0. The topological polar surface area (TPSA) is 65.2 Å². The Morgan fingerprint density at radius 2 is 1.31 bits per heavy atom. The molecule has 0 aromatic carbocycles. The highest BCUT2D eigenvalue weighted by atomic mass is 16.1. The lowest BCUT2D eigenvalue weighted by molar-refractivity contribution is -0.120. The molecule has 5 nitrogen and oxygen atoms in total. The zero-order chi connectivity index (χ0) is 9.36. The van der Waals surface area contributed by atoms with Crippen molar-refractivity contribution in [2.75, 3.05) is 45.8 Å². The highest BCUT2D eigenvalue weighted by molar-refractivity contribution is 5.77. The number of amides is 1. The van der Waals surface area contributed by atoms with Gasteiger partial charge in [-0.2, -0.15) is 0 Å². The van der Waals surface area contributed by atoms with Gasteiger partial charge in [0.05, 0.1) is 6.54 Å². The van der Waals surface area contributed by atoms with Crippen LogP contribution >= 0.6 is 0 Å². The van der Waals surface area contributed by atoms with Crippen molar-refractivity contribution in [3.63, 3.8) is 0 Å². The summed E-state index contributed by atoms with van der Waals surface area (Å²) in [6.45, 7) is 5.66. The van der Waals surface area contributed by atoms with E-state index in [0.29, 0.717) is 13.1 Å². The summed E-state index contributed by atoms with van der Waals surface area (Å²) in [6.07, 6.45) is 0. The molecule has 1 aliphatic heterocycles. The predicted octanol–water partition coefficient (Wildman–Crippen LogP) is -2.11. The zero-order valence-corrected chi connectivity index (χ0v) is 7.86. The van der Waals surface area contributed by atoms with Crippen molar-refractivity contribution in [2.45, 2.75) is 0 Å². The zero-order valence-electron chi connectivity index (χ0n) is 7.86. The van der Waals surface area contributed by atoms with Crippen LogP contribution in [0.2, 0.25) is 0 Å². The van der Waals surface area contributed by atoms with Crippen molar-refractivity contribution in [3.8, 4) is 0 Å². The van der Waals surface area contributed by atoms with E-state index >= 15 is 0 Å². The number of hydrogen-bond donors (Lipinski definition) is 4. The molecule has 1 rings (SSSR count). The summed E-state index contributed by atoms with van der Waals surface area (Å²) in [6, 6.07) is 0. The molecule has 0 unspecified atom stereocenters. The molecule has 1 amide bonds. The first kappa shape index (κ1) is 10.4. The summed E-state index contributed by atoms with van der Waals surface area (Å²) in [7, 11) is 0. The number of rotatable bonds is 0. The lowest BCUT2D eigenvalue weighted by Crippen LogP contribution is -2.42. The molecule has 1 aliphatic rings. The Balaban J connectivity index is 2.14. The van der Waals surface area contributed by atoms with Crippen LogP contribution in [0.15, 0.2) is 0 Å². The average molecular weight is 186 g/mol. The molecule has 4 N–H and O–H groups in total. The van der Waals surface area contributed by atoms with Crippen molar-refractivity contribution in [1.82, 2.24) is 21.3 Å². The third kappa shape index (κ3) is 5.57. The van der Waals surface area contributed by atoms with E-state index in [4.69, 9.17) is 0 Å². The molecule has 0 spiro atoms. The monoisotopic (exact) mass is 186 g/mol. The van der Waals surface area contributed by atoms with Crippen molar-refractivity contribution in [3.05, 3.63) is 0 Å². The first-order valence-electron chi connectivity index (χ1n) is 4.78. The summed E-state index contributed by atoms with van der Waals surface area (Å²) in [4.78, 5) is 11.1. The average Bonchev–Trinajstić information content (AvgIpc) is 2.11. The fourth-order valence-corrected chi connectivity index (χ4v) is 1.16. The van der Waals surface area contributed by atoms with Crippen LogP contribution in [0.4, 0.5) is 0 Å². The molecule has 76 valence electrons. The molecule has 5 heteroatoms. The van der Waals surface area contributed by atoms with Crippen LogP contribution in [-0.4, -0.2) is 51.7 Å². The minimum Gasteiger partial charge on any atom is -0.354 e. The quantitative estimate of drug-likeness (QED) is 0.349. The Morgan fingerprint density at radius 1 is 0.769 bits per heavy atom. The molecular weight excluding hydrogens is 168 g/mol. The lowest BCUT2D eigenvalue weighted by atomic mass is 10.4. The molecule has 0 bridgehead atoms.